The van der Waals surface area contributed by atoms with E-state index in [0.29, 0.717) is 22.8 Å². The van der Waals surface area contributed by atoms with Crippen LogP contribution in [0.2, 0.25) is 0 Å². The van der Waals surface area contributed by atoms with Gasteiger partial charge in [0.15, 0.2) is 11.5 Å². The van der Waals surface area contributed by atoms with Crippen LogP contribution in [0.5, 0.6) is 17.4 Å². The number of anilines is 1. The maximum atomic E-state index is 13.2. The van der Waals surface area contributed by atoms with E-state index in [9.17, 15) is 20.0 Å². The highest BCUT2D eigenvalue weighted by molar-refractivity contribution is 7.99. The van der Waals surface area contributed by atoms with E-state index in [2.05, 4.69) is 16.7 Å². The largest absolute Gasteiger partial charge is 0.854 e. The van der Waals surface area contributed by atoms with Crippen molar-refractivity contribution in [1.29, 1.82) is 0 Å². The van der Waals surface area contributed by atoms with Crippen LogP contribution in [0.3, 0.4) is 0 Å². The molecule has 3 aromatic rings. The van der Waals surface area contributed by atoms with Crippen LogP contribution in [0.4, 0.5) is 11.4 Å². The van der Waals surface area contributed by atoms with Crippen LogP contribution in [0.15, 0.2) is 54.2 Å². The third kappa shape index (κ3) is 3.39. The summed E-state index contributed by atoms with van der Waals surface area (Å²) in [7, 11) is 0. The molecule has 0 saturated heterocycles. The smallest absolute Gasteiger partial charge is 0.299 e. The van der Waals surface area contributed by atoms with Crippen molar-refractivity contribution in [1.82, 2.24) is 10.1 Å². The average Bonchev–Trinajstić information content (AvgIpc) is 3.28. The van der Waals surface area contributed by atoms with Crippen molar-refractivity contribution in [2.24, 2.45) is 0 Å². The average molecular weight is 479 g/mol. The number of thioether (sulfide) groups is 1. The molecule has 11 nitrogen and oxygen atoms in total. The Morgan fingerprint density at radius 1 is 1.35 bits per heavy atom. The molecule has 1 atom stereocenters. The van der Waals surface area contributed by atoms with E-state index >= 15 is 0 Å². The molecule has 0 saturated carbocycles. The summed E-state index contributed by atoms with van der Waals surface area (Å²) in [5, 5.41) is 29.9. The lowest BCUT2D eigenvalue weighted by Crippen LogP contribution is -2.59. The van der Waals surface area contributed by atoms with Crippen molar-refractivity contribution in [3.05, 3.63) is 64.7 Å². The van der Waals surface area contributed by atoms with E-state index in [4.69, 9.17) is 9.47 Å². The highest BCUT2D eigenvalue weighted by atomic mass is 32.2. The number of benzene rings is 2. The Kier molecular flexibility index (Phi) is 5.28. The van der Waals surface area contributed by atoms with Crippen molar-refractivity contribution in [2.75, 3.05) is 17.4 Å². The van der Waals surface area contributed by atoms with Crippen LogP contribution in [0.25, 0.3) is 11.3 Å². The van der Waals surface area contributed by atoms with Gasteiger partial charge in [0.1, 0.15) is 5.56 Å². The summed E-state index contributed by atoms with van der Waals surface area (Å²) < 4.78 is 12.1. The van der Waals surface area contributed by atoms with Gasteiger partial charge in [-0.1, -0.05) is 34.7 Å². The molecule has 0 N–H and O–H groups in total. The Balaban J connectivity index is 1.84. The number of hydrogen-bond donors (Lipinski definition) is 0. The third-order valence-corrected chi connectivity index (χ3v) is 6.22. The van der Waals surface area contributed by atoms with E-state index in [1.807, 2.05) is 0 Å². The molecular weight excluding hydrogens is 462 g/mol. The van der Waals surface area contributed by atoms with Crippen molar-refractivity contribution in [3.8, 4) is 28.6 Å². The fourth-order valence-electron chi connectivity index (χ4n) is 4.06. The zero-order valence-electron chi connectivity index (χ0n) is 17.8. The lowest BCUT2D eigenvalue weighted by atomic mass is 10.00. The molecule has 34 heavy (non-hydrogen) atoms. The van der Waals surface area contributed by atoms with Crippen LogP contribution in [-0.2, 0) is 4.79 Å². The number of aromatic nitrogens is 3. The predicted octanol–water partition coefficient (Wildman–Crippen LogP) is 2.33. The Morgan fingerprint density at radius 3 is 2.79 bits per heavy atom. The van der Waals surface area contributed by atoms with Crippen molar-refractivity contribution in [3.63, 3.8) is 0 Å². The molecule has 0 bridgehead atoms. The number of amides is 1. The van der Waals surface area contributed by atoms with Crippen LogP contribution < -0.4 is 24.2 Å². The van der Waals surface area contributed by atoms with Crippen LogP contribution in [-0.4, -0.2) is 33.5 Å². The maximum absolute atomic E-state index is 13.2. The number of carbonyl (C=O) groups is 1. The zero-order chi connectivity index (χ0) is 24.0. The second-order valence-corrected chi connectivity index (χ2v) is 8.38. The molecular formula is C22H17N5O6S. The van der Waals surface area contributed by atoms with E-state index in [0.717, 1.165) is 0 Å². The first kappa shape index (κ1) is 21.6. The molecule has 3 heterocycles. The molecule has 0 fully saturated rings. The number of para-hydroxylation sites is 1. The number of ether oxygens (including phenoxy) is 2. The molecule has 0 radical (unpaired) electrons. The summed E-state index contributed by atoms with van der Waals surface area (Å²) in [6, 6.07) is 9.51. The quantitative estimate of drug-likeness (QED) is 0.178. The molecule has 1 unspecified atom stereocenters. The topological polar surface area (TPSA) is 135 Å². The molecule has 12 heteroatoms. The van der Waals surface area contributed by atoms with Crippen molar-refractivity contribution < 1.29 is 29.0 Å². The number of rotatable bonds is 5. The predicted molar refractivity (Wildman–Crippen MR) is 119 cm³/mol. The molecule has 2 aliphatic rings. The van der Waals surface area contributed by atoms with Gasteiger partial charge in [-0.25, -0.2) is 9.88 Å². The number of nitrogens with zero attached hydrogens (tertiary/aromatic N) is 5. The molecule has 5 rings (SSSR count). The van der Waals surface area contributed by atoms with Crippen LogP contribution >= 0.6 is 11.8 Å². The lowest BCUT2D eigenvalue weighted by molar-refractivity contribution is -0.764. The summed E-state index contributed by atoms with van der Waals surface area (Å²) in [6.45, 7) is 4.93. The summed E-state index contributed by atoms with van der Waals surface area (Å²) in [6.07, 6.45) is 0.496. The van der Waals surface area contributed by atoms with Crippen LogP contribution in [0.1, 0.15) is 18.7 Å². The Morgan fingerprint density at radius 2 is 2.09 bits per heavy atom. The van der Waals surface area contributed by atoms with E-state index in [1.54, 1.807) is 30.3 Å². The normalized spacial score (nSPS) is 15.4. The SMILES string of the molecule is C=CCSc1nc([O-])c2[n+](n1)C(c1cc3c(cc1[N+](=O)[O-])OCO3)N(C(C)=O)c1ccccc1-2. The standard InChI is InChI=1S/C22H17N5O6S/c1-3-8-34-22-23-20(29)19-13-6-4-5-7-15(13)25(12(2)28)21(26(19)24-22)14-9-17-18(33-11-32-17)10-16(14)27(30)31/h3-7,9-10,21H,1,8,11H2,2H3. The minimum atomic E-state index is -1.14. The van der Waals surface area contributed by atoms with Crippen molar-refractivity contribution in [2.45, 2.75) is 18.2 Å². The number of nitro groups is 1. The van der Waals surface area contributed by atoms with Crippen LogP contribution in [0, 0.1) is 10.1 Å². The first-order valence-electron chi connectivity index (χ1n) is 10.1. The number of carbonyl (C=O) groups excluding carboxylic acids is 1. The summed E-state index contributed by atoms with van der Waals surface area (Å²) in [5.41, 5.74) is 0.794. The Hall–Kier alpha value is -4.19. The Bertz CT molecular complexity index is 1360. The monoisotopic (exact) mass is 479 g/mol. The Labute approximate surface area is 197 Å². The van der Waals surface area contributed by atoms with E-state index in [-0.39, 0.29) is 34.6 Å². The summed E-state index contributed by atoms with van der Waals surface area (Å²) in [4.78, 5) is 29.9. The maximum Gasteiger partial charge on any atom is 0.299 e. The van der Waals surface area contributed by atoms with E-state index < -0.39 is 22.9 Å². The molecule has 2 aromatic carbocycles. The van der Waals surface area contributed by atoms with Gasteiger partial charge in [-0.2, -0.15) is 0 Å². The molecule has 0 spiro atoms. The number of hydrogen-bond acceptors (Lipinski definition) is 9. The minimum absolute atomic E-state index is 0.0845. The molecule has 2 aliphatic heterocycles. The third-order valence-electron chi connectivity index (χ3n) is 5.38. The highest BCUT2D eigenvalue weighted by Gasteiger charge is 2.47. The molecule has 172 valence electrons. The van der Waals surface area contributed by atoms with Gasteiger partial charge in [-0.05, 0) is 12.1 Å². The highest BCUT2D eigenvalue weighted by Crippen LogP contribution is 2.45. The number of nitro benzene ring substituents is 1. The van der Waals surface area contributed by atoms with Gasteiger partial charge in [0, 0.05) is 23.8 Å². The van der Waals surface area contributed by atoms with Gasteiger partial charge in [0.2, 0.25) is 12.7 Å². The van der Waals surface area contributed by atoms with E-state index in [1.165, 1.54) is 40.4 Å². The summed E-state index contributed by atoms with van der Waals surface area (Å²) >= 11 is 1.18. The lowest BCUT2D eigenvalue weighted by Gasteiger charge is -2.32. The van der Waals surface area contributed by atoms with Gasteiger partial charge in [0.05, 0.1) is 28.1 Å². The zero-order valence-corrected chi connectivity index (χ0v) is 18.7. The minimum Gasteiger partial charge on any atom is -0.854 e. The van der Waals surface area contributed by atoms with Gasteiger partial charge < -0.3 is 14.6 Å². The fraction of sp³-hybridized carbons (Fsp3) is 0.182. The second kappa shape index (κ2) is 8.30. The van der Waals surface area contributed by atoms with Gasteiger partial charge in [-0.3, -0.25) is 14.9 Å². The molecule has 1 aromatic heterocycles. The van der Waals surface area contributed by atoms with Gasteiger partial charge >= 0.3 is 0 Å². The fourth-order valence-corrected chi connectivity index (χ4v) is 4.62. The first-order chi connectivity index (χ1) is 16.4. The molecule has 0 aliphatic carbocycles. The van der Waals surface area contributed by atoms with Gasteiger partial charge in [-0.15, -0.1) is 6.58 Å². The second-order valence-electron chi connectivity index (χ2n) is 7.39. The molecule has 1 amide bonds. The van der Waals surface area contributed by atoms with Crippen molar-refractivity contribution >= 4 is 29.0 Å². The summed E-state index contributed by atoms with van der Waals surface area (Å²) in [5.74, 6) is 0.00340. The first-order valence-corrected chi connectivity index (χ1v) is 11.1. The van der Waals surface area contributed by atoms with Gasteiger partial charge in [0.25, 0.3) is 22.7 Å². The number of fused-ring (bicyclic) bond motifs is 4.